The molecule has 1 saturated heterocycles. The summed E-state index contributed by atoms with van der Waals surface area (Å²) in [6.45, 7) is 6.07. The van der Waals surface area contributed by atoms with Crippen LogP contribution in [0.15, 0.2) is 18.3 Å². The average Bonchev–Trinajstić information content (AvgIpc) is 2.79. The summed E-state index contributed by atoms with van der Waals surface area (Å²) < 4.78 is 7.79. The molecule has 0 radical (unpaired) electrons. The van der Waals surface area contributed by atoms with Crippen molar-refractivity contribution in [1.82, 2.24) is 14.5 Å². The third kappa shape index (κ3) is 1.90. The number of rotatable bonds is 2. The van der Waals surface area contributed by atoms with Gasteiger partial charge in [-0.3, -0.25) is 0 Å². The third-order valence-corrected chi connectivity index (χ3v) is 3.55. The molecule has 0 saturated carbocycles. The second-order valence-electron chi connectivity index (χ2n) is 5.18. The van der Waals surface area contributed by atoms with Crippen LogP contribution >= 0.6 is 0 Å². The first kappa shape index (κ1) is 11.7. The lowest BCUT2D eigenvalue weighted by atomic mass is 10.1. The Balaban J connectivity index is 2.14. The minimum atomic E-state index is 0.419. The zero-order valence-electron chi connectivity index (χ0n) is 11.0. The molecule has 0 spiro atoms. The lowest BCUT2D eigenvalue weighted by Gasteiger charge is -2.26. The summed E-state index contributed by atoms with van der Waals surface area (Å²) >= 11 is 0. The summed E-state index contributed by atoms with van der Waals surface area (Å²) in [4.78, 5) is 9.27. The Morgan fingerprint density at radius 1 is 1.33 bits per heavy atom. The molecule has 96 valence electrons. The predicted molar refractivity (Wildman–Crippen MR) is 70.7 cm³/mol. The van der Waals surface area contributed by atoms with Crippen molar-refractivity contribution < 1.29 is 4.74 Å². The molecule has 0 atom stereocenters. The van der Waals surface area contributed by atoms with Crippen LogP contribution in [0.3, 0.4) is 0 Å². The minimum Gasteiger partial charge on any atom is -0.381 e. The Morgan fingerprint density at radius 2 is 2.11 bits per heavy atom. The van der Waals surface area contributed by atoms with Crippen molar-refractivity contribution in [2.45, 2.75) is 38.6 Å². The molecule has 0 aliphatic carbocycles. The minimum absolute atomic E-state index is 0.419. The number of hydrogen-bond donors (Lipinski definition) is 0. The summed E-state index contributed by atoms with van der Waals surface area (Å²) in [6, 6.07) is 4.48. The highest BCUT2D eigenvalue weighted by Crippen LogP contribution is 2.29. The topological polar surface area (TPSA) is 39.9 Å². The highest BCUT2D eigenvalue weighted by molar-refractivity contribution is 5.71. The Hall–Kier alpha value is -1.42. The van der Waals surface area contributed by atoms with Crippen molar-refractivity contribution in [3.05, 3.63) is 24.2 Å². The Kier molecular flexibility index (Phi) is 3.04. The van der Waals surface area contributed by atoms with Crippen molar-refractivity contribution in [3.63, 3.8) is 0 Å². The molecule has 3 heterocycles. The lowest BCUT2D eigenvalue weighted by molar-refractivity contribution is 0.0695. The Morgan fingerprint density at radius 3 is 2.83 bits per heavy atom. The molecule has 2 aromatic heterocycles. The quantitative estimate of drug-likeness (QED) is 0.816. The molecular weight excluding hydrogens is 226 g/mol. The first-order valence-electron chi connectivity index (χ1n) is 6.68. The van der Waals surface area contributed by atoms with E-state index in [0.29, 0.717) is 12.0 Å². The van der Waals surface area contributed by atoms with E-state index in [1.807, 2.05) is 18.3 Å². The van der Waals surface area contributed by atoms with Crippen molar-refractivity contribution in [2.75, 3.05) is 13.2 Å². The SMILES string of the molecule is CC(C)c1nc2cccnc2n1C1CCOCC1. The molecule has 18 heavy (non-hydrogen) atoms. The van der Waals surface area contributed by atoms with Gasteiger partial charge in [-0.15, -0.1) is 0 Å². The van der Waals surface area contributed by atoms with Gasteiger partial charge in [0.25, 0.3) is 0 Å². The first-order valence-corrected chi connectivity index (χ1v) is 6.68. The van der Waals surface area contributed by atoms with E-state index in [4.69, 9.17) is 9.72 Å². The molecule has 4 heteroatoms. The van der Waals surface area contributed by atoms with Gasteiger partial charge in [-0.05, 0) is 25.0 Å². The normalized spacial score (nSPS) is 17.7. The van der Waals surface area contributed by atoms with E-state index in [1.54, 1.807) is 0 Å². The molecule has 1 fully saturated rings. The molecule has 0 aromatic carbocycles. The Labute approximate surface area is 107 Å². The number of ether oxygens (including phenoxy) is 1. The zero-order chi connectivity index (χ0) is 12.5. The van der Waals surface area contributed by atoms with Crippen molar-refractivity contribution >= 4 is 11.2 Å². The van der Waals surface area contributed by atoms with Crippen LogP contribution in [0.1, 0.15) is 44.5 Å². The summed E-state index contributed by atoms with van der Waals surface area (Å²) in [6.07, 6.45) is 3.97. The van der Waals surface area contributed by atoms with Gasteiger partial charge in [-0.1, -0.05) is 13.8 Å². The van der Waals surface area contributed by atoms with E-state index < -0.39 is 0 Å². The van der Waals surface area contributed by atoms with Crippen LogP contribution in [0.2, 0.25) is 0 Å². The van der Waals surface area contributed by atoms with Crippen molar-refractivity contribution in [1.29, 1.82) is 0 Å². The maximum atomic E-state index is 5.46. The maximum Gasteiger partial charge on any atom is 0.160 e. The van der Waals surface area contributed by atoms with E-state index in [9.17, 15) is 0 Å². The number of fused-ring (bicyclic) bond motifs is 1. The average molecular weight is 245 g/mol. The molecule has 2 aromatic rings. The highest BCUT2D eigenvalue weighted by atomic mass is 16.5. The molecule has 4 nitrogen and oxygen atoms in total. The molecule has 0 bridgehead atoms. The second kappa shape index (κ2) is 4.69. The zero-order valence-corrected chi connectivity index (χ0v) is 11.0. The smallest absolute Gasteiger partial charge is 0.160 e. The van der Waals surface area contributed by atoms with E-state index >= 15 is 0 Å². The first-order chi connectivity index (χ1) is 8.77. The highest BCUT2D eigenvalue weighted by Gasteiger charge is 2.23. The van der Waals surface area contributed by atoms with Crippen LogP contribution in [0, 0.1) is 0 Å². The lowest BCUT2D eigenvalue weighted by Crippen LogP contribution is -2.21. The standard InChI is InChI=1S/C14H19N3O/c1-10(2)13-16-12-4-3-7-15-14(12)17(13)11-5-8-18-9-6-11/h3-4,7,10-11H,5-6,8-9H2,1-2H3. The molecule has 0 N–H and O–H groups in total. The van der Waals surface area contributed by atoms with Gasteiger partial charge in [0.05, 0.1) is 0 Å². The van der Waals surface area contributed by atoms with Gasteiger partial charge in [0.2, 0.25) is 0 Å². The van der Waals surface area contributed by atoms with Gasteiger partial charge in [0.1, 0.15) is 11.3 Å². The summed E-state index contributed by atoms with van der Waals surface area (Å²) in [5, 5.41) is 0. The van der Waals surface area contributed by atoms with E-state index in [0.717, 1.165) is 43.0 Å². The number of nitrogens with zero attached hydrogens (tertiary/aromatic N) is 3. The van der Waals surface area contributed by atoms with E-state index in [1.165, 1.54) is 0 Å². The van der Waals surface area contributed by atoms with Crippen LogP contribution in [0.25, 0.3) is 11.2 Å². The fraction of sp³-hybridized carbons (Fsp3) is 0.571. The third-order valence-electron chi connectivity index (χ3n) is 3.55. The van der Waals surface area contributed by atoms with Gasteiger partial charge in [-0.25, -0.2) is 9.97 Å². The van der Waals surface area contributed by atoms with Gasteiger partial charge in [0.15, 0.2) is 5.65 Å². The van der Waals surface area contributed by atoms with Crippen LogP contribution < -0.4 is 0 Å². The molecule has 0 amide bonds. The maximum absolute atomic E-state index is 5.46. The largest absolute Gasteiger partial charge is 0.381 e. The molecule has 3 rings (SSSR count). The number of pyridine rings is 1. The van der Waals surface area contributed by atoms with Gasteiger partial charge < -0.3 is 9.30 Å². The van der Waals surface area contributed by atoms with Crippen LogP contribution in [0.5, 0.6) is 0 Å². The molecule has 1 aliphatic rings. The molecule has 0 unspecified atom stereocenters. The van der Waals surface area contributed by atoms with E-state index in [2.05, 4.69) is 23.4 Å². The fourth-order valence-corrected chi connectivity index (χ4v) is 2.66. The van der Waals surface area contributed by atoms with Gasteiger partial charge in [-0.2, -0.15) is 0 Å². The summed E-state index contributed by atoms with van der Waals surface area (Å²) in [5.41, 5.74) is 2.03. The number of imidazole rings is 1. The Bertz CT molecular complexity index is 541. The summed E-state index contributed by atoms with van der Waals surface area (Å²) in [7, 11) is 0. The van der Waals surface area contributed by atoms with Crippen molar-refractivity contribution in [3.8, 4) is 0 Å². The summed E-state index contributed by atoms with van der Waals surface area (Å²) in [5.74, 6) is 1.57. The second-order valence-corrected chi connectivity index (χ2v) is 5.18. The molecule has 1 aliphatic heterocycles. The monoisotopic (exact) mass is 245 g/mol. The predicted octanol–water partition coefficient (Wildman–Crippen LogP) is 2.91. The molecular formula is C14H19N3O. The van der Waals surface area contributed by atoms with E-state index in [-0.39, 0.29) is 0 Å². The van der Waals surface area contributed by atoms with Crippen LogP contribution in [-0.2, 0) is 4.74 Å². The van der Waals surface area contributed by atoms with Gasteiger partial charge in [0, 0.05) is 31.4 Å². The van der Waals surface area contributed by atoms with Crippen LogP contribution in [0.4, 0.5) is 0 Å². The number of aromatic nitrogens is 3. The fourth-order valence-electron chi connectivity index (χ4n) is 2.66. The van der Waals surface area contributed by atoms with Crippen LogP contribution in [-0.4, -0.2) is 27.7 Å². The van der Waals surface area contributed by atoms with Gasteiger partial charge >= 0.3 is 0 Å². The number of hydrogen-bond acceptors (Lipinski definition) is 3. The van der Waals surface area contributed by atoms with Crippen molar-refractivity contribution in [2.24, 2.45) is 0 Å².